The van der Waals surface area contributed by atoms with Crippen LogP contribution < -0.4 is 4.74 Å². The van der Waals surface area contributed by atoms with Crippen molar-refractivity contribution in [1.29, 1.82) is 0 Å². The molecule has 1 aliphatic rings. The van der Waals surface area contributed by atoms with Crippen molar-refractivity contribution in [2.75, 3.05) is 26.2 Å². The highest BCUT2D eigenvalue weighted by Crippen LogP contribution is 2.32. The van der Waals surface area contributed by atoms with Gasteiger partial charge >= 0.3 is 0 Å². The SMILES string of the molecule is Cc1ccc(OCCN2CCC[C@@H](C)C2)c(C(C)(C)C)c1. The minimum atomic E-state index is 0.126. The number of hydrogen-bond acceptors (Lipinski definition) is 2. The van der Waals surface area contributed by atoms with Gasteiger partial charge in [0.25, 0.3) is 0 Å². The number of likely N-dealkylation sites (tertiary alicyclic amines) is 1. The fraction of sp³-hybridized carbons (Fsp3) is 0.684. The Morgan fingerprint density at radius 1 is 1.29 bits per heavy atom. The standard InChI is InChI=1S/C19H31NO/c1-15-8-9-18(17(13-15)19(3,4)5)21-12-11-20-10-6-7-16(2)14-20/h8-9,13,16H,6-7,10-12,14H2,1-5H3/t16-/m1/s1. The van der Waals surface area contributed by atoms with Crippen molar-refractivity contribution in [1.82, 2.24) is 4.90 Å². The van der Waals surface area contributed by atoms with Gasteiger partial charge in [0.05, 0.1) is 0 Å². The Labute approximate surface area is 130 Å². The third-order valence-corrected chi connectivity index (χ3v) is 4.35. The Morgan fingerprint density at radius 2 is 2.05 bits per heavy atom. The van der Waals surface area contributed by atoms with Crippen molar-refractivity contribution in [3.05, 3.63) is 29.3 Å². The summed E-state index contributed by atoms with van der Waals surface area (Å²) >= 11 is 0. The van der Waals surface area contributed by atoms with Crippen LogP contribution in [-0.4, -0.2) is 31.1 Å². The fourth-order valence-corrected chi connectivity index (χ4v) is 3.13. The number of piperidine rings is 1. The van der Waals surface area contributed by atoms with Gasteiger partial charge in [-0.15, -0.1) is 0 Å². The molecule has 0 aliphatic carbocycles. The van der Waals surface area contributed by atoms with E-state index in [4.69, 9.17) is 4.74 Å². The molecule has 0 aromatic heterocycles. The summed E-state index contributed by atoms with van der Waals surface area (Å²) in [5, 5.41) is 0. The largest absolute Gasteiger partial charge is 0.492 e. The molecular weight excluding hydrogens is 258 g/mol. The average molecular weight is 289 g/mol. The van der Waals surface area contributed by atoms with E-state index in [9.17, 15) is 0 Å². The van der Waals surface area contributed by atoms with Crippen LogP contribution in [0.1, 0.15) is 51.7 Å². The van der Waals surface area contributed by atoms with Crippen molar-refractivity contribution in [3.8, 4) is 5.75 Å². The van der Waals surface area contributed by atoms with Gasteiger partial charge < -0.3 is 4.74 Å². The second-order valence-electron chi connectivity index (χ2n) is 7.65. The van der Waals surface area contributed by atoms with Crippen LogP contribution in [0.15, 0.2) is 18.2 Å². The summed E-state index contributed by atoms with van der Waals surface area (Å²) < 4.78 is 6.11. The average Bonchev–Trinajstić information content (AvgIpc) is 2.39. The summed E-state index contributed by atoms with van der Waals surface area (Å²) in [6.45, 7) is 15.5. The molecule has 1 aliphatic heterocycles. The number of aryl methyl sites for hydroxylation is 1. The molecule has 1 heterocycles. The predicted molar refractivity (Wildman–Crippen MR) is 90.2 cm³/mol. The quantitative estimate of drug-likeness (QED) is 0.814. The molecular formula is C19H31NO. The lowest BCUT2D eigenvalue weighted by Crippen LogP contribution is -2.37. The molecule has 1 aromatic carbocycles. The van der Waals surface area contributed by atoms with E-state index in [1.165, 1.54) is 37.1 Å². The zero-order valence-electron chi connectivity index (χ0n) is 14.4. The molecule has 21 heavy (non-hydrogen) atoms. The maximum absolute atomic E-state index is 6.11. The third-order valence-electron chi connectivity index (χ3n) is 4.35. The molecule has 1 saturated heterocycles. The van der Waals surface area contributed by atoms with E-state index >= 15 is 0 Å². The molecule has 0 N–H and O–H groups in total. The molecule has 0 spiro atoms. The molecule has 1 atom stereocenters. The maximum Gasteiger partial charge on any atom is 0.123 e. The fourth-order valence-electron chi connectivity index (χ4n) is 3.13. The number of ether oxygens (including phenoxy) is 1. The molecule has 118 valence electrons. The molecule has 0 bridgehead atoms. The van der Waals surface area contributed by atoms with Gasteiger partial charge in [-0.1, -0.05) is 45.4 Å². The smallest absolute Gasteiger partial charge is 0.123 e. The van der Waals surface area contributed by atoms with Gasteiger partial charge in [-0.3, -0.25) is 4.90 Å². The highest BCUT2D eigenvalue weighted by atomic mass is 16.5. The van der Waals surface area contributed by atoms with Crippen molar-refractivity contribution in [2.24, 2.45) is 5.92 Å². The molecule has 1 fully saturated rings. The Balaban J connectivity index is 1.94. The highest BCUT2D eigenvalue weighted by Gasteiger charge is 2.20. The van der Waals surface area contributed by atoms with Crippen LogP contribution in [0.5, 0.6) is 5.75 Å². The number of rotatable bonds is 4. The lowest BCUT2D eigenvalue weighted by Gasteiger charge is -2.31. The molecule has 2 rings (SSSR count). The zero-order valence-corrected chi connectivity index (χ0v) is 14.4. The van der Waals surface area contributed by atoms with Gasteiger partial charge in [-0.25, -0.2) is 0 Å². The number of benzene rings is 1. The van der Waals surface area contributed by atoms with E-state index in [1.54, 1.807) is 0 Å². The minimum Gasteiger partial charge on any atom is -0.492 e. The van der Waals surface area contributed by atoms with Gasteiger partial charge in [0.1, 0.15) is 12.4 Å². The molecule has 2 heteroatoms. The lowest BCUT2D eigenvalue weighted by atomic mass is 9.85. The summed E-state index contributed by atoms with van der Waals surface area (Å²) in [6.07, 6.45) is 2.71. The van der Waals surface area contributed by atoms with Gasteiger partial charge in [-0.05, 0) is 49.3 Å². The van der Waals surface area contributed by atoms with Crippen LogP contribution in [0, 0.1) is 12.8 Å². The Bertz CT molecular complexity index is 461. The summed E-state index contributed by atoms with van der Waals surface area (Å²) in [6, 6.07) is 6.54. The topological polar surface area (TPSA) is 12.5 Å². The van der Waals surface area contributed by atoms with E-state index in [1.807, 2.05) is 0 Å². The van der Waals surface area contributed by atoms with Gasteiger partial charge in [0.2, 0.25) is 0 Å². The first-order chi connectivity index (χ1) is 9.86. The first-order valence-electron chi connectivity index (χ1n) is 8.32. The van der Waals surface area contributed by atoms with E-state index in [2.05, 4.69) is 57.7 Å². The van der Waals surface area contributed by atoms with Gasteiger partial charge in [0.15, 0.2) is 0 Å². The molecule has 0 unspecified atom stereocenters. The monoisotopic (exact) mass is 289 g/mol. The van der Waals surface area contributed by atoms with Crippen LogP contribution in [0.2, 0.25) is 0 Å². The minimum absolute atomic E-state index is 0.126. The second-order valence-corrected chi connectivity index (χ2v) is 7.65. The van der Waals surface area contributed by atoms with Crippen LogP contribution in [0.25, 0.3) is 0 Å². The molecule has 2 nitrogen and oxygen atoms in total. The second kappa shape index (κ2) is 6.83. The van der Waals surface area contributed by atoms with Crippen molar-refractivity contribution in [2.45, 2.75) is 52.9 Å². The first kappa shape index (κ1) is 16.4. The van der Waals surface area contributed by atoms with Crippen molar-refractivity contribution < 1.29 is 4.74 Å². The van der Waals surface area contributed by atoms with Crippen LogP contribution in [0.3, 0.4) is 0 Å². The van der Waals surface area contributed by atoms with E-state index in [0.717, 1.165) is 24.8 Å². The molecule has 0 radical (unpaired) electrons. The van der Waals surface area contributed by atoms with Crippen LogP contribution >= 0.6 is 0 Å². The lowest BCUT2D eigenvalue weighted by molar-refractivity contribution is 0.153. The summed E-state index contributed by atoms with van der Waals surface area (Å²) in [4.78, 5) is 2.54. The maximum atomic E-state index is 6.11. The third kappa shape index (κ3) is 4.74. The molecule has 0 amide bonds. The highest BCUT2D eigenvalue weighted by molar-refractivity contribution is 5.41. The molecule has 1 aromatic rings. The van der Waals surface area contributed by atoms with E-state index in [-0.39, 0.29) is 5.41 Å². The summed E-state index contributed by atoms with van der Waals surface area (Å²) in [7, 11) is 0. The van der Waals surface area contributed by atoms with E-state index < -0.39 is 0 Å². The van der Waals surface area contributed by atoms with Crippen LogP contribution in [0.4, 0.5) is 0 Å². The summed E-state index contributed by atoms with van der Waals surface area (Å²) in [5.74, 6) is 1.89. The molecule has 0 saturated carbocycles. The van der Waals surface area contributed by atoms with Gasteiger partial charge in [0, 0.05) is 13.1 Å². The van der Waals surface area contributed by atoms with Gasteiger partial charge in [-0.2, -0.15) is 0 Å². The Kier molecular flexibility index (Phi) is 5.32. The first-order valence-corrected chi connectivity index (χ1v) is 8.32. The Morgan fingerprint density at radius 3 is 2.71 bits per heavy atom. The number of nitrogens with zero attached hydrogens (tertiary/aromatic N) is 1. The normalized spacial score (nSPS) is 20.5. The zero-order chi connectivity index (χ0) is 15.5. The Hall–Kier alpha value is -1.02. The van der Waals surface area contributed by atoms with Crippen molar-refractivity contribution >= 4 is 0 Å². The van der Waals surface area contributed by atoms with Crippen molar-refractivity contribution in [3.63, 3.8) is 0 Å². The van der Waals surface area contributed by atoms with E-state index in [0.29, 0.717) is 0 Å². The summed E-state index contributed by atoms with van der Waals surface area (Å²) in [5.41, 5.74) is 2.74. The van der Waals surface area contributed by atoms with Crippen LogP contribution in [-0.2, 0) is 5.41 Å². The number of hydrogen-bond donors (Lipinski definition) is 0. The predicted octanol–water partition coefficient (Wildman–Crippen LogP) is 4.40.